The zero-order valence-corrected chi connectivity index (χ0v) is 24.8. The van der Waals surface area contributed by atoms with Gasteiger partial charge in [0.05, 0.1) is 5.02 Å². The molecule has 1 aromatic heterocycles. The van der Waals surface area contributed by atoms with Gasteiger partial charge in [-0.2, -0.15) is 8.78 Å². The SMILES string of the molecule is CCCCCC1CCC(c2cnc(-c3ccc(-c4cc(F)c(C(F)(F)Oc5ccc(Cl)c(F)c5)c(F)c4)c(F)c3)nc2)CC1. The van der Waals surface area contributed by atoms with Gasteiger partial charge in [-0.15, -0.1) is 0 Å². The van der Waals surface area contributed by atoms with E-state index in [2.05, 4.69) is 21.6 Å². The van der Waals surface area contributed by atoms with E-state index < -0.39 is 40.7 Å². The van der Waals surface area contributed by atoms with Crippen LogP contribution in [0.4, 0.5) is 26.3 Å². The molecule has 1 aliphatic carbocycles. The number of hydrogen-bond donors (Lipinski definition) is 0. The number of unbranched alkanes of at least 4 members (excludes halogenated alkanes) is 2. The zero-order chi connectivity index (χ0) is 31.4. The van der Waals surface area contributed by atoms with E-state index >= 15 is 4.39 Å². The van der Waals surface area contributed by atoms with Crippen LogP contribution in [0.2, 0.25) is 5.02 Å². The number of alkyl halides is 2. The Morgan fingerprint density at radius 2 is 1.45 bits per heavy atom. The molecule has 0 bridgehead atoms. The van der Waals surface area contributed by atoms with Gasteiger partial charge in [-0.05, 0) is 79.0 Å². The minimum atomic E-state index is -4.51. The number of benzene rings is 3. The lowest BCUT2D eigenvalue weighted by Crippen LogP contribution is -2.25. The maximum Gasteiger partial charge on any atom is 0.432 e. The van der Waals surface area contributed by atoms with Crippen LogP contribution in [0.15, 0.2) is 60.9 Å². The molecule has 0 atom stereocenters. The highest BCUT2D eigenvalue weighted by Crippen LogP contribution is 2.39. The van der Waals surface area contributed by atoms with Crippen molar-refractivity contribution in [3.8, 4) is 28.3 Å². The fourth-order valence-corrected chi connectivity index (χ4v) is 5.92. The lowest BCUT2D eigenvalue weighted by molar-refractivity contribution is -0.189. The molecule has 0 aliphatic heterocycles. The Labute approximate surface area is 257 Å². The summed E-state index contributed by atoms with van der Waals surface area (Å²) in [7, 11) is 0. The standard InChI is InChI=1S/C34H31ClF6N2O/c1-2-3-4-5-20-6-8-21(9-7-20)24-18-42-33(43-19-24)22-10-12-26(28(36)14-22)23-15-30(38)32(31(39)16-23)34(40,41)44-25-11-13-27(35)29(37)17-25/h10-21H,2-9H2,1H3. The smallest absolute Gasteiger partial charge is 0.429 e. The van der Waals surface area contributed by atoms with E-state index in [1.807, 2.05) is 0 Å². The van der Waals surface area contributed by atoms with Crippen LogP contribution in [0.5, 0.6) is 5.75 Å². The Bertz CT molecular complexity index is 1580. The molecule has 0 saturated heterocycles. The van der Waals surface area contributed by atoms with E-state index in [0.717, 1.165) is 42.5 Å². The molecule has 0 spiro atoms. The monoisotopic (exact) mass is 632 g/mol. The van der Waals surface area contributed by atoms with Crippen LogP contribution >= 0.6 is 11.6 Å². The molecule has 0 radical (unpaired) electrons. The van der Waals surface area contributed by atoms with Crippen molar-refractivity contribution in [3.63, 3.8) is 0 Å². The van der Waals surface area contributed by atoms with E-state index in [4.69, 9.17) is 11.6 Å². The average molecular weight is 633 g/mol. The van der Waals surface area contributed by atoms with E-state index in [-0.39, 0.29) is 22.0 Å². The fraction of sp³-hybridized carbons (Fsp3) is 0.353. The second-order valence-electron chi connectivity index (χ2n) is 11.3. The number of hydrogen-bond acceptors (Lipinski definition) is 3. The highest BCUT2D eigenvalue weighted by atomic mass is 35.5. The summed E-state index contributed by atoms with van der Waals surface area (Å²) in [5.74, 6) is -4.47. The van der Waals surface area contributed by atoms with E-state index in [1.165, 1.54) is 50.7 Å². The summed E-state index contributed by atoms with van der Waals surface area (Å²) in [5.41, 5.74) is -0.819. The Morgan fingerprint density at radius 1 is 0.795 bits per heavy atom. The normalized spacial score (nSPS) is 17.1. The van der Waals surface area contributed by atoms with Crippen LogP contribution in [0.1, 0.15) is 75.3 Å². The fourth-order valence-electron chi connectivity index (χ4n) is 5.80. The highest BCUT2D eigenvalue weighted by molar-refractivity contribution is 6.30. The lowest BCUT2D eigenvalue weighted by atomic mass is 9.77. The molecule has 44 heavy (non-hydrogen) atoms. The van der Waals surface area contributed by atoms with Crippen molar-refractivity contribution in [2.75, 3.05) is 0 Å². The number of aromatic nitrogens is 2. The summed E-state index contributed by atoms with van der Waals surface area (Å²) >= 11 is 5.53. The lowest BCUT2D eigenvalue weighted by Gasteiger charge is -2.28. The summed E-state index contributed by atoms with van der Waals surface area (Å²) in [6.07, 6.45) is 8.66. The van der Waals surface area contributed by atoms with E-state index in [0.29, 0.717) is 29.7 Å². The molecule has 0 N–H and O–H groups in total. The van der Waals surface area contributed by atoms with Crippen LogP contribution in [-0.4, -0.2) is 9.97 Å². The Balaban J connectivity index is 1.29. The first-order chi connectivity index (χ1) is 21.1. The van der Waals surface area contributed by atoms with Crippen LogP contribution < -0.4 is 4.74 Å². The summed E-state index contributed by atoms with van der Waals surface area (Å²) < 4.78 is 92.4. The van der Waals surface area contributed by atoms with Crippen LogP contribution in [0.25, 0.3) is 22.5 Å². The number of rotatable bonds is 10. The third-order valence-electron chi connectivity index (χ3n) is 8.21. The molecular weight excluding hydrogens is 602 g/mol. The van der Waals surface area contributed by atoms with Crippen LogP contribution in [0, 0.1) is 29.2 Å². The van der Waals surface area contributed by atoms with Gasteiger partial charge in [-0.3, -0.25) is 0 Å². The predicted octanol–water partition coefficient (Wildman–Crippen LogP) is 11.0. The maximum atomic E-state index is 15.2. The predicted molar refractivity (Wildman–Crippen MR) is 158 cm³/mol. The maximum absolute atomic E-state index is 15.2. The van der Waals surface area contributed by atoms with Crippen molar-refractivity contribution >= 4 is 11.6 Å². The molecule has 1 aliphatic rings. The van der Waals surface area contributed by atoms with Crippen molar-refractivity contribution in [3.05, 3.63) is 100 Å². The number of nitrogens with zero attached hydrogens (tertiary/aromatic N) is 2. The first-order valence-corrected chi connectivity index (χ1v) is 15.1. The van der Waals surface area contributed by atoms with Gasteiger partial charge in [0.1, 0.15) is 34.6 Å². The summed E-state index contributed by atoms with van der Waals surface area (Å²) in [6.45, 7) is 2.21. The number of ether oxygens (including phenoxy) is 1. The molecular formula is C34H31ClF6N2O. The van der Waals surface area contributed by atoms with E-state index in [1.54, 1.807) is 12.4 Å². The van der Waals surface area contributed by atoms with Crippen molar-refractivity contribution in [2.45, 2.75) is 70.3 Å². The van der Waals surface area contributed by atoms with Gasteiger partial charge >= 0.3 is 6.11 Å². The Hall–Kier alpha value is -3.59. The van der Waals surface area contributed by atoms with Crippen LogP contribution in [-0.2, 0) is 6.11 Å². The largest absolute Gasteiger partial charge is 0.432 e. The van der Waals surface area contributed by atoms with Gasteiger partial charge in [-0.25, -0.2) is 27.5 Å². The molecule has 3 aromatic carbocycles. The van der Waals surface area contributed by atoms with Gasteiger partial charge in [0.2, 0.25) is 0 Å². The topological polar surface area (TPSA) is 35.0 Å². The van der Waals surface area contributed by atoms with Crippen molar-refractivity contribution in [2.24, 2.45) is 5.92 Å². The zero-order valence-electron chi connectivity index (χ0n) is 24.0. The van der Waals surface area contributed by atoms with Gasteiger partial charge < -0.3 is 4.74 Å². The molecule has 0 unspecified atom stereocenters. The van der Waals surface area contributed by atoms with Gasteiger partial charge in [-0.1, -0.05) is 56.3 Å². The quantitative estimate of drug-likeness (QED) is 0.129. The van der Waals surface area contributed by atoms with Crippen molar-refractivity contribution in [1.82, 2.24) is 9.97 Å². The molecule has 0 amide bonds. The van der Waals surface area contributed by atoms with Crippen molar-refractivity contribution in [1.29, 1.82) is 0 Å². The first kappa shape index (κ1) is 31.8. The summed E-state index contributed by atoms with van der Waals surface area (Å²) in [6, 6.07) is 7.52. The van der Waals surface area contributed by atoms with Crippen molar-refractivity contribution < 1.29 is 31.1 Å². The average Bonchev–Trinajstić information content (AvgIpc) is 2.99. The summed E-state index contributed by atoms with van der Waals surface area (Å²) in [5, 5.41) is -0.343. The van der Waals surface area contributed by atoms with E-state index in [9.17, 15) is 22.0 Å². The third kappa shape index (κ3) is 7.20. The molecule has 5 rings (SSSR count). The minimum Gasteiger partial charge on any atom is -0.429 e. The second kappa shape index (κ2) is 13.6. The molecule has 1 fully saturated rings. The molecule has 1 saturated carbocycles. The molecule has 4 aromatic rings. The number of halogens is 7. The van der Waals surface area contributed by atoms with Crippen LogP contribution in [0.3, 0.4) is 0 Å². The van der Waals surface area contributed by atoms with Gasteiger partial charge in [0.15, 0.2) is 5.82 Å². The Morgan fingerprint density at radius 3 is 2.07 bits per heavy atom. The van der Waals surface area contributed by atoms with Gasteiger partial charge in [0.25, 0.3) is 0 Å². The second-order valence-corrected chi connectivity index (χ2v) is 11.7. The molecule has 232 valence electrons. The molecule has 10 heteroatoms. The third-order valence-corrected chi connectivity index (χ3v) is 8.52. The first-order valence-electron chi connectivity index (χ1n) is 14.7. The van der Waals surface area contributed by atoms with Gasteiger partial charge in [0, 0.05) is 29.6 Å². The Kier molecular flexibility index (Phi) is 9.83. The summed E-state index contributed by atoms with van der Waals surface area (Å²) in [4.78, 5) is 8.87. The molecule has 3 nitrogen and oxygen atoms in total. The minimum absolute atomic E-state index is 0.213. The molecule has 1 heterocycles. The highest BCUT2D eigenvalue weighted by Gasteiger charge is 2.41.